The van der Waals surface area contributed by atoms with Crippen LogP contribution >= 0.6 is 0 Å². The molecule has 96 valence electrons. The molecule has 0 saturated heterocycles. The van der Waals surface area contributed by atoms with Gasteiger partial charge in [-0.25, -0.2) is 0 Å². The topological polar surface area (TPSA) is 0 Å². The Morgan fingerprint density at radius 3 is 2.50 bits per heavy atom. The standard InChI is InChI=1S/C15H28I/c1-3-6-14-9-12(11-16-2)10-15(14)13-7-4-5-8-13/h12-15H,3-11H2,1-2H3/q-1/t12-,14?,15?/m1/s1. The summed E-state index contributed by atoms with van der Waals surface area (Å²) < 4.78 is 1.61. The zero-order valence-corrected chi connectivity index (χ0v) is 13.2. The molecule has 0 aromatic carbocycles. The van der Waals surface area contributed by atoms with Crippen molar-refractivity contribution in [2.45, 2.75) is 58.3 Å². The summed E-state index contributed by atoms with van der Waals surface area (Å²) in [6.07, 6.45) is 12.4. The Morgan fingerprint density at radius 2 is 1.88 bits per heavy atom. The van der Waals surface area contributed by atoms with Crippen LogP contribution < -0.4 is 21.2 Å². The Hall–Kier alpha value is 0.730. The van der Waals surface area contributed by atoms with Crippen molar-refractivity contribution in [2.75, 3.05) is 9.36 Å². The Kier molecular flexibility index (Phi) is 5.44. The van der Waals surface area contributed by atoms with Crippen LogP contribution in [0.25, 0.3) is 0 Å². The zero-order chi connectivity index (χ0) is 11.4. The summed E-state index contributed by atoms with van der Waals surface area (Å²) in [5.74, 6) is 4.54. The van der Waals surface area contributed by atoms with Crippen LogP contribution in [0.4, 0.5) is 0 Å². The predicted molar refractivity (Wildman–Crippen MR) is 67.4 cm³/mol. The van der Waals surface area contributed by atoms with Gasteiger partial charge in [0.15, 0.2) is 0 Å². The van der Waals surface area contributed by atoms with Gasteiger partial charge < -0.3 is 0 Å². The molecular weight excluding hydrogens is 307 g/mol. The molecule has 16 heavy (non-hydrogen) atoms. The van der Waals surface area contributed by atoms with Gasteiger partial charge in [-0.1, -0.05) is 0 Å². The van der Waals surface area contributed by atoms with Gasteiger partial charge in [0.2, 0.25) is 0 Å². The van der Waals surface area contributed by atoms with E-state index in [4.69, 9.17) is 0 Å². The summed E-state index contributed by atoms with van der Waals surface area (Å²) in [6, 6.07) is 0. The first-order chi connectivity index (χ1) is 7.85. The van der Waals surface area contributed by atoms with Gasteiger partial charge in [0.1, 0.15) is 0 Å². The van der Waals surface area contributed by atoms with Gasteiger partial charge in [0, 0.05) is 0 Å². The molecule has 0 aromatic rings. The zero-order valence-electron chi connectivity index (χ0n) is 11.1. The fraction of sp³-hybridized carbons (Fsp3) is 1.00. The third kappa shape index (κ3) is 3.14. The fourth-order valence-electron chi connectivity index (χ4n) is 4.29. The maximum absolute atomic E-state index is 2.47. The van der Waals surface area contributed by atoms with Gasteiger partial charge in [-0.15, -0.1) is 0 Å². The Labute approximate surface area is 112 Å². The first-order valence-electron chi connectivity index (χ1n) is 7.28. The van der Waals surface area contributed by atoms with E-state index in [1.54, 1.807) is 30.1 Å². The molecule has 0 spiro atoms. The van der Waals surface area contributed by atoms with Gasteiger partial charge in [-0.3, -0.25) is 0 Å². The molecule has 0 aromatic heterocycles. The van der Waals surface area contributed by atoms with Crippen LogP contribution in [0.1, 0.15) is 58.3 Å². The van der Waals surface area contributed by atoms with E-state index >= 15 is 0 Å². The minimum atomic E-state index is 0.533. The van der Waals surface area contributed by atoms with Gasteiger partial charge in [-0.2, -0.15) is 0 Å². The summed E-state index contributed by atoms with van der Waals surface area (Å²) in [7, 11) is 0. The van der Waals surface area contributed by atoms with E-state index in [1.165, 1.54) is 25.7 Å². The van der Waals surface area contributed by atoms with Crippen molar-refractivity contribution in [2.24, 2.45) is 23.7 Å². The average molecular weight is 335 g/mol. The molecule has 0 bridgehead atoms. The molecule has 0 radical (unpaired) electrons. The number of rotatable bonds is 5. The predicted octanol–water partition coefficient (Wildman–Crippen LogP) is 1.34. The molecule has 0 amide bonds. The molecule has 2 rings (SSSR count). The molecule has 2 aliphatic carbocycles. The van der Waals surface area contributed by atoms with Gasteiger partial charge >= 0.3 is 113 Å². The molecule has 2 saturated carbocycles. The van der Waals surface area contributed by atoms with Crippen LogP contribution in [0.3, 0.4) is 0 Å². The molecule has 2 aliphatic rings. The molecule has 3 atom stereocenters. The third-order valence-electron chi connectivity index (χ3n) is 4.88. The van der Waals surface area contributed by atoms with Crippen molar-refractivity contribution in [3.8, 4) is 0 Å². The van der Waals surface area contributed by atoms with Crippen molar-refractivity contribution >= 4 is 0 Å². The molecule has 0 nitrogen and oxygen atoms in total. The van der Waals surface area contributed by atoms with E-state index in [-0.39, 0.29) is 0 Å². The molecular formula is C15H28I-. The summed E-state index contributed by atoms with van der Waals surface area (Å²) in [6.45, 7) is 2.38. The molecule has 2 fully saturated rings. The summed E-state index contributed by atoms with van der Waals surface area (Å²) in [4.78, 5) is 2.47. The van der Waals surface area contributed by atoms with Crippen LogP contribution in [0, 0.1) is 23.7 Å². The summed E-state index contributed by atoms with van der Waals surface area (Å²) in [5.41, 5.74) is 0. The first-order valence-corrected chi connectivity index (χ1v) is 11.0. The van der Waals surface area contributed by atoms with E-state index in [2.05, 4.69) is 11.9 Å². The number of alkyl halides is 2. The normalized spacial score (nSPS) is 36.2. The van der Waals surface area contributed by atoms with Crippen LogP contribution in [0.5, 0.6) is 0 Å². The molecule has 1 heteroatoms. The third-order valence-corrected chi connectivity index (χ3v) is 7.01. The van der Waals surface area contributed by atoms with Gasteiger partial charge in [0.05, 0.1) is 0 Å². The molecule has 0 aliphatic heterocycles. The molecule has 0 heterocycles. The van der Waals surface area contributed by atoms with Crippen molar-refractivity contribution in [1.29, 1.82) is 0 Å². The number of hydrogen-bond acceptors (Lipinski definition) is 0. The summed E-state index contributed by atoms with van der Waals surface area (Å²) in [5, 5.41) is 0. The number of hydrogen-bond donors (Lipinski definition) is 0. The van der Waals surface area contributed by atoms with Crippen molar-refractivity contribution in [3.63, 3.8) is 0 Å². The van der Waals surface area contributed by atoms with E-state index in [0.29, 0.717) is 21.2 Å². The Balaban J connectivity index is 1.91. The van der Waals surface area contributed by atoms with Crippen LogP contribution in [0.15, 0.2) is 0 Å². The van der Waals surface area contributed by atoms with Gasteiger partial charge in [0.25, 0.3) is 0 Å². The monoisotopic (exact) mass is 335 g/mol. The second kappa shape index (κ2) is 6.61. The fourth-order valence-corrected chi connectivity index (χ4v) is 6.25. The minimum absolute atomic E-state index is 0.533. The number of halogens is 1. The van der Waals surface area contributed by atoms with E-state index < -0.39 is 0 Å². The Morgan fingerprint density at radius 1 is 1.12 bits per heavy atom. The first kappa shape index (κ1) is 13.2. The SMILES string of the molecule is CCCC1C[C@@H](C[I-]C)CC1C1CCCC1. The van der Waals surface area contributed by atoms with Crippen molar-refractivity contribution < 1.29 is 21.2 Å². The van der Waals surface area contributed by atoms with E-state index in [1.807, 2.05) is 0 Å². The van der Waals surface area contributed by atoms with E-state index in [9.17, 15) is 0 Å². The second-order valence-electron chi connectivity index (χ2n) is 6.02. The average Bonchev–Trinajstić information content (AvgIpc) is 2.87. The van der Waals surface area contributed by atoms with Crippen LogP contribution in [-0.4, -0.2) is 9.36 Å². The van der Waals surface area contributed by atoms with Crippen molar-refractivity contribution in [3.05, 3.63) is 0 Å². The van der Waals surface area contributed by atoms with Crippen molar-refractivity contribution in [1.82, 2.24) is 0 Å². The maximum atomic E-state index is 2.47. The van der Waals surface area contributed by atoms with Crippen LogP contribution in [-0.2, 0) is 0 Å². The van der Waals surface area contributed by atoms with Gasteiger partial charge in [-0.05, 0) is 0 Å². The molecule has 2 unspecified atom stereocenters. The Bertz CT molecular complexity index is 196. The molecule has 0 N–H and O–H groups in total. The van der Waals surface area contributed by atoms with Crippen LogP contribution in [0.2, 0.25) is 0 Å². The summed E-state index contributed by atoms with van der Waals surface area (Å²) >= 11 is 0.533. The quantitative estimate of drug-likeness (QED) is 0.525. The van der Waals surface area contributed by atoms with E-state index in [0.717, 1.165) is 23.7 Å². The second-order valence-corrected chi connectivity index (χ2v) is 8.42.